The minimum atomic E-state index is -4.90. The number of alkyl halides is 3. The third-order valence-electron chi connectivity index (χ3n) is 4.46. The van der Waals surface area contributed by atoms with Crippen molar-refractivity contribution in [3.05, 3.63) is 63.9 Å². The third-order valence-corrected chi connectivity index (χ3v) is 5.64. The number of carbonyl (C=O) groups excluding carboxylic acids is 2. The molecule has 3 heterocycles. The topological polar surface area (TPSA) is 126 Å². The van der Waals surface area contributed by atoms with Gasteiger partial charge < -0.3 is 10.6 Å². The monoisotopic (exact) mass is 479 g/mol. The van der Waals surface area contributed by atoms with Crippen LogP contribution in [0.5, 0.6) is 0 Å². The summed E-state index contributed by atoms with van der Waals surface area (Å²) in [6.07, 6.45) is -1.04. The van der Waals surface area contributed by atoms with E-state index in [2.05, 4.69) is 35.8 Å². The second-order valence-electron chi connectivity index (χ2n) is 6.76. The molecule has 0 spiro atoms. The number of amides is 2. The molecule has 3 aromatic heterocycles. The van der Waals surface area contributed by atoms with Crippen LogP contribution in [0.3, 0.4) is 0 Å². The maximum Gasteiger partial charge on any atom is 0.419 e. The first kappa shape index (κ1) is 22.3. The van der Waals surface area contributed by atoms with Crippen LogP contribution in [0.15, 0.2) is 36.9 Å². The number of fused-ring (bicyclic) bond motifs is 1. The van der Waals surface area contributed by atoms with E-state index in [1.165, 1.54) is 18.7 Å². The molecule has 0 fully saturated rings. The predicted molar refractivity (Wildman–Crippen MR) is 109 cm³/mol. The summed E-state index contributed by atoms with van der Waals surface area (Å²) in [4.78, 5) is 37.1. The van der Waals surface area contributed by atoms with Gasteiger partial charge in [-0.1, -0.05) is 0 Å². The Morgan fingerprint density at radius 1 is 1.12 bits per heavy atom. The SMILES string of the molecule is CC(NC(=O)c1ncnc2[nH]ncc12)c1ncc(C(=O)Nc2ccc(F)c(C(F)(F)F)c2)s1. The third kappa shape index (κ3) is 4.64. The van der Waals surface area contributed by atoms with E-state index in [1.54, 1.807) is 6.92 Å². The highest BCUT2D eigenvalue weighted by Crippen LogP contribution is 2.33. The van der Waals surface area contributed by atoms with E-state index in [4.69, 9.17) is 0 Å². The normalized spacial score (nSPS) is 12.5. The number of benzene rings is 1. The van der Waals surface area contributed by atoms with Crippen LogP contribution in [0.25, 0.3) is 11.0 Å². The number of hydrogen-bond acceptors (Lipinski definition) is 7. The van der Waals surface area contributed by atoms with Crippen LogP contribution in [-0.4, -0.2) is 37.0 Å². The van der Waals surface area contributed by atoms with E-state index >= 15 is 0 Å². The number of halogens is 4. The quantitative estimate of drug-likeness (QED) is 0.375. The number of nitrogens with one attached hydrogen (secondary N) is 3. The first-order valence-corrected chi connectivity index (χ1v) is 10.0. The number of hydrogen-bond donors (Lipinski definition) is 3. The van der Waals surface area contributed by atoms with E-state index in [1.807, 2.05) is 0 Å². The van der Waals surface area contributed by atoms with Gasteiger partial charge in [0, 0.05) is 5.69 Å². The average molecular weight is 479 g/mol. The highest BCUT2D eigenvalue weighted by Gasteiger charge is 2.34. The minimum absolute atomic E-state index is 0.0863. The lowest BCUT2D eigenvalue weighted by Crippen LogP contribution is -2.27. The molecule has 0 aliphatic heterocycles. The molecule has 0 saturated heterocycles. The lowest BCUT2D eigenvalue weighted by Gasteiger charge is -2.11. The molecule has 14 heteroatoms. The number of rotatable bonds is 5. The molecule has 4 aromatic rings. The smallest absolute Gasteiger partial charge is 0.342 e. The van der Waals surface area contributed by atoms with Crippen molar-refractivity contribution in [2.24, 2.45) is 0 Å². The fourth-order valence-corrected chi connectivity index (χ4v) is 3.69. The summed E-state index contributed by atoms with van der Waals surface area (Å²) in [6, 6.07) is 1.55. The van der Waals surface area contributed by atoms with Gasteiger partial charge in [-0.2, -0.15) is 18.3 Å². The van der Waals surface area contributed by atoms with Crippen molar-refractivity contribution in [3.8, 4) is 0 Å². The maximum absolute atomic E-state index is 13.4. The Balaban J connectivity index is 1.46. The zero-order valence-corrected chi connectivity index (χ0v) is 17.4. The number of carbonyl (C=O) groups is 2. The van der Waals surface area contributed by atoms with Crippen LogP contribution >= 0.6 is 11.3 Å². The van der Waals surface area contributed by atoms with Crippen LogP contribution < -0.4 is 10.6 Å². The van der Waals surface area contributed by atoms with Crippen molar-refractivity contribution in [1.82, 2.24) is 30.5 Å². The zero-order chi connectivity index (χ0) is 23.8. The van der Waals surface area contributed by atoms with Gasteiger partial charge in [0.15, 0.2) is 5.65 Å². The van der Waals surface area contributed by atoms with Gasteiger partial charge in [0.25, 0.3) is 11.8 Å². The zero-order valence-electron chi connectivity index (χ0n) is 16.6. The molecule has 0 radical (unpaired) electrons. The molecular weight excluding hydrogens is 466 g/mol. The molecule has 1 unspecified atom stereocenters. The van der Waals surface area contributed by atoms with E-state index < -0.39 is 35.4 Å². The maximum atomic E-state index is 13.4. The second-order valence-corrected chi connectivity index (χ2v) is 7.82. The molecule has 33 heavy (non-hydrogen) atoms. The first-order chi connectivity index (χ1) is 15.6. The summed E-state index contributed by atoms with van der Waals surface area (Å²) in [7, 11) is 0. The molecule has 0 aliphatic rings. The van der Waals surface area contributed by atoms with Gasteiger partial charge in [-0.05, 0) is 25.1 Å². The molecule has 0 saturated carbocycles. The fourth-order valence-electron chi connectivity index (χ4n) is 2.88. The van der Waals surface area contributed by atoms with Gasteiger partial charge in [0.05, 0.1) is 29.4 Å². The molecule has 4 rings (SSSR count). The summed E-state index contributed by atoms with van der Waals surface area (Å²) in [5, 5.41) is 12.2. The predicted octanol–water partition coefficient (Wildman–Crippen LogP) is 3.71. The first-order valence-electron chi connectivity index (χ1n) is 9.22. The van der Waals surface area contributed by atoms with Crippen LogP contribution in [-0.2, 0) is 6.18 Å². The Hall–Kier alpha value is -3.94. The Morgan fingerprint density at radius 2 is 1.91 bits per heavy atom. The number of nitrogens with zero attached hydrogens (tertiary/aromatic N) is 4. The highest BCUT2D eigenvalue weighted by molar-refractivity contribution is 7.13. The Labute approximate surface area is 186 Å². The van der Waals surface area contributed by atoms with Crippen molar-refractivity contribution in [3.63, 3.8) is 0 Å². The molecule has 2 amide bonds. The summed E-state index contributed by atoms with van der Waals surface area (Å²) in [6.45, 7) is 1.64. The molecule has 9 nitrogen and oxygen atoms in total. The number of aromatic amines is 1. The van der Waals surface area contributed by atoms with Crippen LogP contribution in [0.1, 0.15) is 43.7 Å². The molecular formula is C19H13F4N7O2S. The largest absolute Gasteiger partial charge is 0.419 e. The minimum Gasteiger partial charge on any atom is -0.342 e. The van der Waals surface area contributed by atoms with Gasteiger partial charge in [-0.3, -0.25) is 14.7 Å². The molecule has 0 bridgehead atoms. The summed E-state index contributed by atoms with van der Waals surface area (Å²) in [5.74, 6) is -2.68. The highest BCUT2D eigenvalue weighted by atomic mass is 32.1. The Morgan fingerprint density at radius 3 is 2.67 bits per heavy atom. The summed E-state index contributed by atoms with van der Waals surface area (Å²) >= 11 is 0.938. The Bertz CT molecular complexity index is 1350. The lowest BCUT2D eigenvalue weighted by molar-refractivity contribution is -0.139. The molecule has 0 aliphatic carbocycles. The van der Waals surface area contributed by atoms with Gasteiger partial charge >= 0.3 is 6.18 Å². The van der Waals surface area contributed by atoms with Crippen LogP contribution in [0.4, 0.5) is 23.2 Å². The molecule has 170 valence electrons. The van der Waals surface area contributed by atoms with Crippen molar-refractivity contribution in [2.75, 3.05) is 5.32 Å². The van der Waals surface area contributed by atoms with Crippen molar-refractivity contribution in [1.29, 1.82) is 0 Å². The number of aromatic nitrogens is 5. The molecule has 3 N–H and O–H groups in total. The van der Waals surface area contributed by atoms with E-state index in [-0.39, 0.29) is 16.3 Å². The Kier molecular flexibility index (Phi) is 5.76. The number of thiazole rings is 1. The van der Waals surface area contributed by atoms with Crippen molar-refractivity contribution >= 4 is 39.9 Å². The van der Waals surface area contributed by atoms with E-state index in [9.17, 15) is 27.2 Å². The van der Waals surface area contributed by atoms with Gasteiger partial charge in [0.1, 0.15) is 27.7 Å². The van der Waals surface area contributed by atoms with Crippen molar-refractivity contribution < 1.29 is 27.2 Å². The number of anilines is 1. The van der Waals surface area contributed by atoms with E-state index in [0.29, 0.717) is 28.2 Å². The second kappa shape index (κ2) is 8.54. The van der Waals surface area contributed by atoms with Crippen LogP contribution in [0, 0.1) is 5.82 Å². The fraction of sp³-hybridized carbons (Fsp3) is 0.158. The summed E-state index contributed by atoms with van der Waals surface area (Å²) in [5.41, 5.74) is -1.21. The average Bonchev–Trinajstić information content (AvgIpc) is 3.43. The standard InChI is InChI=1S/C19H13F4N7O2S/c1-8(28-17(32)14-10-5-27-30-15(10)26-7-25-14)18-24-6-13(33-18)16(31)29-9-2-3-12(20)11(4-9)19(21,22)23/h2-8H,1H3,(H,28,32)(H,29,31)(H,25,26,27,30). The molecule has 1 atom stereocenters. The van der Waals surface area contributed by atoms with Crippen LogP contribution in [0.2, 0.25) is 0 Å². The van der Waals surface area contributed by atoms with Crippen molar-refractivity contribution in [2.45, 2.75) is 19.1 Å². The lowest BCUT2D eigenvalue weighted by atomic mass is 10.2. The van der Waals surface area contributed by atoms with Gasteiger partial charge in [-0.15, -0.1) is 11.3 Å². The van der Waals surface area contributed by atoms with Gasteiger partial charge in [-0.25, -0.2) is 19.3 Å². The molecule has 1 aromatic carbocycles. The van der Waals surface area contributed by atoms with Gasteiger partial charge in [0.2, 0.25) is 0 Å². The number of H-pyrrole nitrogens is 1. The summed E-state index contributed by atoms with van der Waals surface area (Å²) < 4.78 is 52.0. The van der Waals surface area contributed by atoms with E-state index in [0.717, 1.165) is 17.4 Å².